The van der Waals surface area contributed by atoms with Crippen LogP contribution < -0.4 is 18.9 Å². The molecule has 5 aromatic rings. The van der Waals surface area contributed by atoms with E-state index in [4.69, 9.17) is 19.2 Å². The van der Waals surface area contributed by atoms with Crippen molar-refractivity contribution in [3.05, 3.63) is 71.9 Å². The summed E-state index contributed by atoms with van der Waals surface area (Å²) in [6.07, 6.45) is -4.57. The summed E-state index contributed by atoms with van der Waals surface area (Å²) >= 11 is 0. The highest BCUT2D eigenvalue weighted by molar-refractivity contribution is 6.15. The molecule has 0 amide bonds. The summed E-state index contributed by atoms with van der Waals surface area (Å²) in [4.78, 5) is 16.1. The van der Waals surface area contributed by atoms with Crippen LogP contribution in [-0.2, 0) is 11.2 Å². The van der Waals surface area contributed by atoms with E-state index in [0.717, 1.165) is 22.0 Å². The lowest BCUT2D eigenvalue weighted by Crippen LogP contribution is -2.27. The first-order chi connectivity index (χ1) is 18.7. The molecule has 39 heavy (non-hydrogen) atoms. The second-order valence-corrected chi connectivity index (χ2v) is 8.50. The number of benzene rings is 3. The monoisotopic (exact) mass is 537 g/mol. The van der Waals surface area contributed by atoms with Crippen molar-refractivity contribution in [1.29, 1.82) is 0 Å². The van der Waals surface area contributed by atoms with Gasteiger partial charge in [0.25, 0.3) is 0 Å². The molecule has 0 aliphatic rings. The van der Waals surface area contributed by atoms with E-state index in [1.807, 2.05) is 36.4 Å². The minimum absolute atomic E-state index is 0.260. The molecule has 11 heteroatoms. The Morgan fingerprint density at radius 3 is 2.21 bits per heavy atom. The molecule has 0 saturated carbocycles. The summed E-state index contributed by atoms with van der Waals surface area (Å²) in [6.45, 7) is 0. The Balaban J connectivity index is 1.73. The molecule has 2 heterocycles. The first-order valence-electron chi connectivity index (χ1n) is 11.7. The number of nitrogens with one attached hydrogen (secondary N) is 1. The maximum atomic E-state index is 12.6. The average Bonchev–Trinajstić information content (AvgIpc) is 3.34. The fourth-order valence-electron chi connectivity index (χ4n) is 4.46. The number of nitrogens with zero attached hydrogens (tertiary/aromatic N) is 2. The number of H-pyrrole nitrogens is 1. The Bertz CT molecular complexity index is 1670. The molecular weight excluding hydrogens is 515 g/mol. The van der Waals surface area contributed by atoms with E-state index < -0.39 is 12.1 Å². The second-order valence-electron chi connectivity index (χ2n) is 8.50. The van der Waals surface area contributed by atoms with Gasteiger partial charge in [-0.25, -0.2) is 9.78 Å². The number of fused-ring (bicyclic) bond motifs is 3. The predicted molar refractivity (Wildman–Crippen MR) is 137 cm³/mol. The zero-order chi connectivity index (χ0) is 27.7. The number of hydrogen-bond acceptors (Lipinski definition) is 7. The first kappa shape index (κ1) is 25.8. The predicted octanol–water partition coefficient (Wildman–Crippen LogP) is 5.86. The SMILES string of the molecule is COc1cc2c(c(-c3ccc(OC(=O)C(F)(F)F)cc3)nc3[nH]nc(Cc4ccccc4)c32)c(OC)c1OC. The zero-order valence-corrected chi connectivity index (χ0v) is 21.1. The van der Waals surface area contributed by atoms with E-state index in [1.165, 1.54) is 45.6 Å². The number of carbonyl (C=O) groups is 1. The standard InChI is InChI=1S/C28H22F3N3O5/c1-36-20-14-18-21-19(13-15-7-5-4-6-8-15)33-34-26(21)32-23(22(18)25(38-3)24(20)37-2)16-9-11-17(12-10-16)39-27(35)28(29,30)31/h4-12,14H,13H2,1-3H3,(H,32,33,34). The highest BCUT2D eigenvalue weighted by Crippen LogP contribution is 2.48. The topological polar surface area (TPSA) is 95.6 Å². The van der Waals surface area contributed by atoms with Gasteiger partial charge in [0.2, 0.25) is 5.75 Å². The number of methoxy groups -OCH3 is 3. The molecule has 0 radical (unpaired) electrons. The van der Waals surface area contributed by atoms with Crippen molar-refractivity contribution < 1.29 is 36.9 Å². The smallest absolute Gasteiger partial charge is 0.491 e. The number of rotatable bonds is 7. The van der Waals surface area contributed by atoms with Crippen molar-refractivity contribution in [2.45, 2.75) is 12.6 Å². The molecule has 1 N–H and O–H groups in total. The molecule has 0 atom stereocenters. The minimum atomic E-state index is -5.11. The molecule has 0 fully saturated rings. The van der Waals surface area contributed by atoms with E-state index >= 15 is 0 Å². The van der Waals surface area contributed by atoms with Crippen molar-refractivity contribution >= 4 is 27.8 Å². The molecule has 200 valence electrons. The van der Waals surface area contributed by atoms with Crippen molar-refractivity contribution in [3.8, 4) is 34.3 Å². The number of esters is 1. The van der Waals surface area contributed by atoms with E-state index in [1.54, 1.807) is 0 Å². The summed E-state index contributed by atoms with van der Waals surface area (Å²) in [5.74, 6) is -1.43. The highest BCUT2D eigenvalue weighted by Gasteiger charge is 2.41. The third-order valence-electron chi connectivity index (χ3n) is 6.17. The average molecular weight is 537 g/mol. The van der Waals surface area contributed by atoms with Gasteiger partial charge in [-0.15, -0.1) is 0 Å². The van der Waals surface area contributed by atoms with E-state index in [0.29, 0.717) is 46.0 Å². The maximum absolute atomic E-state index is 12.6. The van der Waals surface area contributed by atoms with Gasteiger partial charge in [0.1, 0.15) is 5.75 Å². The van der Waals surface area contributed by atoms with Crippen molar-refractivity contribution in [2.75, 3.05) is 21.3 Å². The fourth-order valence-corrected chi connectivity index (χ4v) is 4.46. The zero-order valence-electron chi connectivity index (χ0n) is 21.1. The van der Waals surface area contributed by atoms with E-state index in [-0.39, 0.29) is 5.75 Å². The largest absolute Gasteiger partial charge is 0.493 e. The van der Waals surface area contributed by atoms with Gasteiger partial charge in [-0.1, -0.05) is 30.3 Å². The molecule has 0 saturated heterocycles. The van der Waals surface area contributed by atoms with Gasteiger partial charge in [-0.2, -0.15) is 18.3 Å². The lowest BCUT2D eigenvalue weighted by Gasteiger charge is -2.18. The number of carbonyl (C=O) groups excluding carboxylic acids is 1. The number of aromatic amines is 1. The van der Waals surface area contributed by atoms with Gasteiger partial charge in [-0.3, -0.25) is 5.10 Å². The first-order valence-corrected chi connectivity index (χ1v) is 11.7. The van der Waals surface area contributed by atoms with Crippen LogP contribution in [0.15, 0.2) is 60.7 Å². The highest BCUT2D eigenvalue weighted by atomic mass is 19.4. The van der Waals surface area contributed by atoms with Crippen LogP contribution in [0.3, 0.4) is 0 Å². The number of pyridine rings is 1. The van der Waals surface area contributed by atoms with Gasteiger partial charge < -0.3 is 18.9 Å². The fraction of sp³-hybridized carbons (Fsp3) is 0.179. The second kappa shape index (κ2) is 10.2. The van der Waals surface area contributed by atoms with Crippen molar-refractivity contribution in [2.24, 2.45) is 0 Å². The Morgan fingerprint density at radius 1 is 0.897 bits per heavy atom. The molecule has 0 bridgehead atoms. The molecule has 3 aromatic carbocycles. The van der Waals surface area contributed by atoms with Crippen molar-refractivity contribution in [1.82, 2.24) is 15.2 Å². The molecule has 0 unspecified atom stereocenters. The van der Waals surface area contributed by atoms with Crippen LogP contribution in [0.25, 0.3) is 33.1 Å². The van der Waals surface area contributed by atoms with Crippen LogP contribution in [0.2, 0.25) is 0 Å². The van der Waals surface area contributed by atoms with Crippen LogP contribution in [0.5, 0.6) is 23.0 Å². The Labute approximate surface area is 220 Å². The lowest BCUT2D eigenvalue weighted by atomic mass is 9.97. The molecule has 0 spiro atoms. The summed E-state index contributed by atoms with van der Waals surface area (Å²) in [5, 5.41) is 9.59. The molecular formula is C28H22F3N3O5. The summed E-state index contributed by atoms with van der Waals surface area (Å²) in [7, 11) is 4.49. The van der Waals surface area contributed by atoms with E-state index in [2.05, 4.69) is 14.9 Å². The van der Waals surface area contributed by atoms with Gasteiger partial charge in [0.05, 0.1) is 43.5 Å². The summed E-state index contributed by atoms with van der Waals surface area (Å²) in [5.41, 5.74) is 3.27. The number of halogens is 3. The molecule has 0 aliphatic heterocycles. The van der Waals surface area contributed by atoms with Gasteiger partial charge in [-0.05, 0) is 35.9 Å². The minimum Gasteiger partial charge on any atom is -0.493 e. The van der Waals surface area contributed by atoms with Gasteiger partial charge >= 0.3 is 12.1 Å². The third kappa shape index (κ3) is 4.78. The Morgan fingerprint density at radius 2 is 1.59 bits per heavy atom. The Hall–Kier alpha value is -4.80. The summed E-state index contributed by atoms with van der Waals surface area (Å²) < 4.78 is 59.3. The van der Waals surface area contributed by atoms with Crippen molar-refractivity contribution in [3.63, 3.8) is 0 Å². The lowest BCUT2D eigenvalue weighted by molar-refractivity contribution is -0.189. The maximum Gasteiger partial charge on any atom is 0.491 e. The van der Waals surface area contributed by atoms with Crippen LogP contribution in [-0.4, -0.2) is 48.7 Å². The van der Waals surface area contributed by atoms with Crippen LogP contribution in [0.1, 0.15) is 11.3 Å². The quantitative estimate of drug-likeness (QED) is 0.205. The molecule has 8 nitrogen and oxygen atoms in total. The van der Waals surface area contributed by atoms with Crippen LogP contribution in [0, 0.1) is 0 Å². The molecule has 2 aromatic heterocycles. The number of aromatic nitrogens is 3. The van der Waals surface area contributed by atoms with E-state index in [9.17, 15) is 18.0 Å². The normalized spacial score (nSPS) is 11.5. The summed E-state index contributed by atoms with van der Waals surface area (Å²) in [6, 6.07) is 17.2. The molecule has 0 aliphatic carbocycles. The third-order valence-corrected chi connectivity index (χ3v) is 6.17. The Kier molecular flexibility index (Phi) is 6.73. The van der Waals surface area contributed by atoms with Crippen LogP contribution in [0.4, 0.5) is 13.2 Å². The number of ether oxygens (including phenoxy) is 4. The number of alkyl halides is 3. The van der Waals surface area contributed by atoms with Gasteiger partial charge in [0.15, 0.2) is 17.1 Å². The van der Waals surface area contributed by atoms with Gasteiger partial charge in [0, 0.05) is 17.4 Å². The molecule has 5 rings (SSSR count). The number of hydrogen-bond donors (Lipinski definition) is 1. The van der Waals surface area contributed by atoms with Crippen LogP contribution >= 0.6 is 0 Å².